The number of aromatic nitrogens is 2. The maximum absolute atomic E-state index is 13.2. The van der Waals surface area contributed by atoms with E-state index in [-0.39, 0.29) is 11.4 Å². The van der Waals surface area contributed by atoms with Gasteiger partial charge in [-0.25, -0.2) is 9.37 Å². The number of rotatable bonds is 6. The van der Waals surface area contributed by atoms with E-state index in [4.69, 9.17) is 9.47 Å². The normalized spacial score (nSPS) is 16.3. The molecule has 0 bridgehead atoms. The van der Waals surface area contributed by atoms with Gasteiger partial charge in [-0.15, -0.1) is 0 Å². The van der Waals surface area contributed by atoms with E-state index in [1.165, 1.54) is 12.1 Å². The van der Waals surface area contributed by atoms with Crippen molar-refractivity contribution in [3.63, 3.8) is 0 Å². The highest BCUT2D eigenvalue weighted by atomic mass is 19.1. The van der Waals surface area contributed by atoms with Crippen molar-refractivity contribution in [2.75, 3.05) is 19.7 Å². The molecule has 6 heteroatoms. The van der Waals surface area contributed by atoms with Gasteiger partial charge in [0.1, 0.15) is 22.9 Å². The Hall–Kier alpha value is -2.21. The SMILES string of the molecule is CC(C)(C)Oc1nccnc1CN1CCC(COc2cccc(F)c2)CC1. The van der Waals surface area contributed by atoms with Gasteiger partial charge in [-0.3, -0.25) is 9.88 Å². The summed E-state index contributed by atoms with van der Waals surface area (Å²) in [6.07, 6.45) is 5.47. The van der Waals surface area contributed by atoms with Crippen molar-refractivity contribution in [3.8, 4) is 11.6 Å². The van der Waals surface area contributed by atoms with Crippen molar-refractivity contribution in [1.82, 2.24) is 14.9 Å². The molecule has 0 amide bonds. The van der Waals surface area contributed by atoms with E-state index in [2.05, 4.69) is 14.9 Å². The summed E-state index contributed by atoms with van der Waals surface area (Å²) in [6.45, 7) is 9.34. The zero-order chi connectivity index (χ0) is 19.3. The molecule has 1 aliphatic heterocycles. The van der Waals surface area contributed by atoms with Crippen molar-refractivity contribution in [1.29, 1.82) is 0 Å². The van der Waals surface area contributed by atoms with Crippen molar-refractivity contribution in [2.24, 2.45) is 5.92 Å². The third-order valence-electron chi connectivity index (χ3n) is 4.50. The van der Waals surface area contributed by atoms with E-state index in [0.717, 1.165) is 38.2 Å². The molecule has 2 heterocycles. The van der Waals surface area contributed by atoms with E-state index in [0.29, 0.717) is 24.2 Å². The Morgan fingerprint density at radius 3 is 2.59 bits per heavy atom. The summed E-state index contributed by atoms with van der Waals surface area (Å²) in [5.41, 5.74) is 0.577. The highest BCUT2D eigenvalue weighted by molar-refractivity contribution is 5.22. The first-order valence-electron chi connectivity index (χ1n) is 9.49. The Morgan fingerprint density at radius 2 is 1.89 bits per heavy atom. The van der Waals surface area contributed by atoms with Gasteiger partial charge < -0.3 is 9.47 Å². The van der Waals surface area contributed by atoms with Crippen LogP contribution in [0.25, 0.3) is 0 Å². The summed E-state index contributed by atoms with van der Waals surface area (Å²) in [5.74, 6) is 1.43. The van der Waals surface area contributed by atoms with Crippen LogP contribution in [0.2, 0.25) is 0 Å². The minimum Gasteiger partial charge on any atom is -0.493 e. The largest absolute Gasteiger partial charge is 0.493 e. The molecule has 5 nitrogen and oxygen atoms in total. The molecule has 1 fully saturated rings. The lowest BCUT2D eigenvalue weighted by molar-refractivity contribution is 0.112. The van der Waals surface area contributed by atoms with Crippen LogP contribution in [-0.2, 0) is 6.54 Å². The summed E-state index contributed by atoms with van der Waals surface area (Å²) in [6, 6.07) is 6.32. The van der Waals surface area contributed by atoms with Crippen molar-refractivity contribution in [2.45, 2.75) is 45.8 Å². The fourth-order valence-corrected chi connectivity index (χ4v) is 3.13. The quantitative estimate of drug-likeness (QED) is 0.763. The minimum absolute atomic E-state index is 0.264. The monoisotopic (exact) mass is 373 g/mol. The lowest BCUT2D eigenvalue weighted by atomic mass is 9.97. The number of nitrogens with zero attached hydrogens (tertiary/aromatic N) is 3. The molecule has 0 spiro atoms. The van der Waals surface area contributed by atoms with Crippen LogP contribution in [0.4, 0.5) is 4.39 Å². The number of hydrogen-bond acceptors (Lipinski definition) is 5. The molecule has 2 aromatic rings. The number of hydrogen-bond donors (Lipinski definition) is 0. The molecule has 1 aromatic carbocycles. The van der Waals surface area contributed by atoms with Gasteiger partial charge in [0, 0.05) is 25.0 Å². The number of ether oxygens (including phenoxy) is 2. The first-order valence-corrected chi connectivity index (χ1v) is 9.49. The second-order valence-electron chi connectivity index (χ2n) is 8.01. The third kappa shape index (κ3) is 6.17. The lowest BCUT2D eigenvalue weighted by Crippen LogP contribution is -2.35. The standard InChI is InChI=1S/C21H28FN3O2/c1-21(2,3)27-20-19(23-9-10-24-20)14-25-11-7-16(8-12-25)15-26-18-6-4-5-17(22)13-18/h4-6,9-10,13,16H,7-8,11-12,14-15H2,1-3H3. The number of halogens is 1. The molecule has 3 rings (SSSR count). The molecule has 0 atom stereocenters. The lowest BCUT2D eigenvalue weighted by Gasteiger charge is -2.32. The Morgan fingerprint density at radius 1 is 1.15 bits per heavy atom. The van der Waals surface area contributed by atoms with Crippen LogP contribution in [0.5, 0.6) is 11.6 Å². The second kappa shape index (κ2) is 8.65. The molecule has 27 heavy (non-hydrogen) atoms. The number of benzene rings is 1. The third-order valence-corrected chi connectivity index (χ3v) is 4.50. The molecular weight excluding hydrogens is 345 g/mol. The summed E-state index contributed by atoms with van der Waals surface area (Å²) in [4.78, 5) is 11.2. The fourth-order valence-electron chi connectivity index (χ4n) is 3.13. The van der Waals surface area contributed by atoms with E-state index >= 15 is 0 Å². The van der Waals surface area contributed by atoms with Gasteiger partial charge in [-0.2, -0.15) is 0 Å². The molecule has 146 valence electrons. The fraction of sp³-hybridized carbons (Fsp3) is 0.524. The van der Waals surface area contributed by atoms with Gasteiger partial charge in [0.05, 0.1) is 6.61 Å². The number of likely N-dealkylation sites (tertiary alicyclic amines) is 1. The highest BCUT2D eigenvalue weighted by Gasteiger charge is 2.23. The van der Waals surface area contributed by atoms with E-state index in [1.54, 1.807) is 24.5 Å². The maximum Gasteiger partial charge on any atom is 0.237 e. The molecule has 0 aliphatic carbocycles. The highest BCUT2D eigenvalue weighted by Crippen LogP contribution is 2.24. The van der Waals surface area contributed by atoms with Crippen LogP contribution >= 0.6 is 0 Å². The molecule has 1 aliphatic rings. The van der Waals surface area contributed by atoms with Crippen molar-refractivity contribution in [3.05, 3.63) is 48.2 Å². The van der Waals surface area contributed by atoms with Gasteiger partial charge in [0.25, 0.3) is 0 Å². The average Bonchev–Trinajstić information content (AvgIpc) is 2.62. The van der Waals surface area contributed by atoms with Gasteiger partial charge in [-0.05, 0) is 64.8 Å². The van der Waals surface area contributed by atoms with Gasteiger partial charge in [0.2, 0.25) is 5.88 Å². The Balaban J connectivity index is 1.48. The Bertz CT molecular complexity index is 740. The summed E-state index contributed by atoms with van der Waals surface area (Å²) in [7, 11) is 0. The predicted octanol–water partition coefficient (Wildman–Crippen LogP) is 4.08. The molecular formula is C21H28FN3O2. The van der Waals surface area contributed by atoms with Crippen LogP contribution in [-0.4, -0.2) is 40.2 Å². The second-order valence-corrected chi connectivity index (χ2v) is 8.01. The molecule has 1 aromatic heterocycles. The van der Waals surface area contributed by atoms with Gasteiger partial charge in [0.15, 0.2) is 0 Å². The molecule has 0 saturated carbocycles. The molecule has 1 saturated heterocycles. The minimum atomic E-state index is -0.300. The maximum atomic E-state index is 13.2. The summed E-state index contributed by atoms with van der Waals surface area (Å²) >= 11 is 0. The molecule has 0 radical (unpaired) electrons. The summed E-state index contributed by atoms with van der Waals surface area (Å²) in [5, 5.41) is 0. The Labute approximate surface area is 160 Å². The van der Waals surface area contributed by atoms with E-state index in [1.807, 2.05) is 20.8 Å². The number of piperidine rings is 1. The zero-order valence-corrected chi connectivity index (χ0v) is 16.3. The smallest absolute Gasteiger partial charge is 0.237 e. The predicted molar refractivity (Wildman–Crippen MR) is 102 cm³/mol. The first kappa shape index (κ1) is 19.5. The van der Waals surface area contributed by atoms with Gasteiger partial charge >= 0.3 is 0 Å². The molecule has 0 N–H and O–H groups in total. The van der Waals surface area contributed by atoms with E-state index < -0.39 is 0 Å². The zero-order valence-electron chi connectivity index (χ0n) is 16.3. The average molecular weight is 373 g/mol. The topological polar surface area (TPSA) is 47.5 Å². The first-order chi connectivity index (χ1) is 12.9. The van der Waals surface area contributed by atoms with Gasteiger partial charge in [-0.1, -0.05) is 6.07 Å². The van der Waals surface area contributed by atoms with Crippen molar-refractivity contribution < 1.29 is 13.9 Å². The van der Waals surface area contributed by atoms with Crippen LogP contribution in [0.3, 0.4) is 0 Å². The molecule has 0 unspecified atom stereocenters. The Kier molecular flexibility index (Phi) is 6.26. The summed E-state index contributed by atoms with van der Waals surface area (Å²) < 4.78 is 24.9. The van der Waals surface area contributed by atoms with Crippen molar-refractivity contribution >= 4 is 0 Å². The van der Waals surface area contributed by atoms with Crippen LogP contribution in [0, 0.1) is 11.7 Å². The van der Waals surface area contributed by atoms with Crippen LogP contribution in [0.15, 0.2) is 36.7 Å². The van der Waals surface area contributed by atoms with Crippen LogP contribution in [0.1, 0.15) is 39.3 Å². The van der Waals surface area contributed by atoms with Crippen LogP contribution < -0.4 is 9.47 Å². The van der Waals surface area contributed by atoms with E-state index in [9.17, 15) is 4.39 Å².